The Kier molecular flexibility index (Phi) is 4.41. The molecule has 0 bridgehead atoms. The van der Waals surface area contributed by atoms with Crippen LogP contribution >= 0.6 is 0 Å². The maximum atomic E-state index is 13.6. The number of nitrogens with one attached hydrogen (secondary N) is 2. The molecule has 8 heteroatoms. The van der Waals surface area contributed by atoms with Gasteiger partial charge in [-0.1, -0.05) is 6.07 Å². The van der Waals surface area contributed by atoms with Crippen molar-refractivity contribution < 1.29 is 17.6 Å². The monoisotopic (exact) mass is 323 g/mol. The van der Waals surface area contributed by atoms with Crippen LogP contribution in [-0.2, 0) is 10.0 Å². The molecule has 2 N–H and O–H groups in total. The van der Waals surface area contributed by atoms with Crippen LogP contribution < -0.4 is 10.0 Å². The Bertz CT molecular complexity index is 822. The molecule has 0 saturated carbocycles. The van der Waals surface area contributed by atoms with Gasteiger partial charge in [0, 0.05) is 11.3 Å². The van der Waals surface area contributed by atoms with Crippen LogP contribution in [0.25, 0.3) is 0 Å². The van der Waals surface area contributed by atoms with E-state index in [-0.39, 0.29) is 11.3 Å². The first kappa shape index (κ1) is 15.9. The maximum Gasteiger partial charge on any atom is 0.256 e. The van der Waals surface area contributed by atoms with Crippen LogP contribution in [0.5, 0.6) is 0 Å². The fourth-order valence-electron chi connectivity index (χ4n) is 1.75. The van der Waals surface area contributed by atoms with E-state index in [2.05, 4.69) is 10.3 Å². The molecule has 1 heterocycles. The Hall–Kier alpha value is -2.48. The smallest absolute Gasteiger partial charge is 0.256 e. The summed E-state index contributed by atoms with van der Waals surface area (Å²) >= 11 is 0. The van der Waals surface area contributed by atoms with E-state index >= 15 is 0 Å². The molecule has 1 aromatic carbocycles. The Morgan fingerprint density at radius 2 is 1.95 bits per heavy atom. The molecular formula is C14H14FN3O3S. The second kappa shape index (κ2) is 6.10. The first-order valence-electron chi connectivity index (χ1n) is 6.27. The third-order valence-corrected chi connectivity index (χ3v) is 3.24. The summed E-state index contributed by atoms with van der Waals surface area (Å²) in [5.74, 6) is -0.933. The van der Waals surface area contributed by atoms with Crippen molar-refractivity contribution in [1.29, 1.82) is 0 Å². The molecule has 2 aromatic rings. The zero-order chi connectivity index (χ0) is 16.3. The first-order valence-corrected chi connectivity index (χ1v) is 8.16. The van der Waals surface area contributed by atoms with E-state index in [0.717, 1.165) is 24.1 Å². The highest BCUT2D eigenvalue weighted by Crippen LogP contribution is 2.18. The van der Waals surface area contributed by atoms with Crippen molar-refractivity contribution in [2.24, 2.45) is 0 Å². The van der Waals surface area contributed by atoms with Crippen LogP contribution in [-0.4, -0.2) is 25.6 Å². The summed E-state index contributed by atoms with van der Waals surface area (Å²) in [5.41, 5.74) is 0.555. The van der Waals surface area contributed by atoms with Crippen LogP contribution in [0.4, 0.5) is 15.9 Å². The third-order valence-electron chi connectivity index (χ3n) is 2.65. The number of pyridine rings is 1. The number of rotatable bonds is 4. The molecule has 0 aliphatic carbocycles. The van der Waals surface area contributed by atoms with Crippen molar-refractivity contribution in [2.75, 3.05) is 16.3 Å². The summed E-state index contributed by atoms with van der Waals surface area (Å²) in [6, 6.07) is 8.53. The quantitative estimate of drug-likeness (QED) is 0.902. The zero-order valence-electron chi connectivity index (χ0n) is 11.9. The van der Waals surface area contributed by atoms with E-state index in [9.17, 15) is 17.6 Å². The molecule has 0 saturated heterocycles. The first-order chi connectivity index (χ1) is 10.2. The highest BCUT2D eigenvalue weighted by atomic mass is 32.2. The summed E-state index contributed by atoms with van der Waals surface area (Å²) in [6.45, 7) is 1.78. The van der Waals surface area contributed by atoms with Gasteiger partial charge >= 0.3 is 0 Å². The maximum absolute atomic E-state index is 13.6. The molecule has 1 aromatic heterocycles. The second-order valence-electron chi connectivity index (χ2n) is 4.69. The van der Waals surface area contributed by atoms with Gasteiger partial charge in [0.15, 0.2) is 0 Å². The predicted molar refractivity (Wildman–Crippen MR) is 81.8 cm³/mol. The van der Waals surface area contributed by atoms with Crippen LogP contribution in [0.2, 0.25) is 0 Å². The third kappa shape index (κ3) is 4.26. The number of nitrogens with zero attached hydrogens (tertiary/aromatic N) is 1. The van der Waals surface area contributed by atoms with Gasteiger partial charge in [-0.3, -0.25) is 9.52 Å². The van der Waals surface area contributed by atoms with Crippen molar-refractivity contribution in [3.63, 3.8) is 0 Å². The molecule has 0 fully saturated rings. The van der Waals surface area contributed by atoms with Gasteiger partial charge in [0.2, 0.25) is 10.0 Å². The minimum atomic E-state index is -3.64. The largest absolute Gasteiger partial charge is 0.307 e. The van der Waals surface area contributed by atoms with Gasteiger partial charge in [-0.15, -0.1) is 0 Å². The van der Waals surface area contributed by atoms with Crippen LogP contribution in [0.3, 0.4) is 0 Å². The Balaban J connectivity index is 2.25. The van der Waals surface area contributed by atoms with Crippen molar-refractivity contribution in [3.05, 3.63) is 53.5 Å². The lowest BCUT2D eigenvalue weighted by atomic mass is 10.2. The Morgan fingerprint density at radius 3 is 2.59 bits per heavy atom. The molecule has 0 aliphatic rings. The van der Waals surface area contributed by atoms with E-state index in [1.54, 1.807) is 25.1 Å². The van der Waals surface area contributed by atoms with Gasteiger partial charge in [-0.2, -0.15) is 0 Å². The van der Waals surface area contributed by atoms with E-state index in [1.807, 2.05) is 4.72 Å². The lowest BCUT2D eigenvalue weighted by molar-refractivity contribution is 0.102. The van der Waals surface area contributed by atoms with Crippen LogP contribution in [0.15, 0.2) is 36.4 Å². The normalized spacial score (nSPS) is 11.0. The highest BCUT2D eigenvalue weighted by molar-refractivity contribution is 7.92. The SMILES string of the molecule is Cc1cccc(NC(=O)c2ccc(F)c(NS(C)(=O)=O)c2)n1. The molecule has 1 amide bonds. The molecule has 6 nitrogen and oxygen atoms in total. The number of benzene rings is 1. The number of aromatic nitrogens is 1. The van der Waals surface area contributed by atoms with Gasteiger partial charge in [-0.05, 0) is 37.3 Å². The van der Waals surface area contributed by atoms with Crippen molar-refractivity contribution in [3.8, 4) is 0 Å². The zero-order valence-corrected chi connectivity index (χ0v) is 12.7. The summed E-state index contributed by atoms with van der Waals surface area (Å²) in [4.78, 5) is 16.2. The van der Waals surface area contributed by atoms with Gasteiger partial charge in [0.1, 0.15) is 11.6 Å². The summed E-state index contributed by atoms with van der Waals surface area (Å²) in [6.07, 6.45) is 0.899. The fourth-order valence-corrected chi connectivity index (χ4v) is 2.30. The standard InChI is InChI=1S/C14H14FN3O3S/c1-9-4-3-5-13(16-9)17-14(19)10-6-7-11(15)12(8-10)18-22(2,20)21/h3-8,18H,1-2H3,(H,16,17,19). The molecule has 0 atom stereocenters. The van der Waals surface area contributed by atoms with E-state index < -0.39 is 21.7 Å². The minimum absolute atomic E-state index is 0.107. The molecule has 0 radical (unpaired) electrons. The van der Waals surface area contributed by atoms with Gasteiger partial charge in [0.05, 0.1) is 11.9 Å². The molecule has 2 rings (SSSR count). The average Bonchev–Trinajstić information content (AvgIpc) is 2.39. The number of aryl methyl sites for hydroxylation is 1. The summed E-state index contributed by atoms with van der Waals surface area (Å²) in [7, 11) is -3.64. The van der Waals surface area contributed by atoms with Crippen molar-refractivity contribution in [1.82, 2.24) is 4.98 Å². The van der Waals surface area contributed by atoms with Crippen molar-refractivity contribution >= 4 is 27.4 Å². The van der Waals surface area contributed by atoms with E-state index in [0.29, 0.717) is 5.82 Å². The predicted octanol–water partition coefficient (Wildman–Crippen LogP) is 2.15. The lowest BCUT2D eigenvalue weighted by Crippen LogP contribution is -2.15. The average molecular weight is 323 g/mol. The number of sulfonamides is 1. The second-order valence-corrected chi connectivity index (χ2v) is 6.44. The van der Waals surface area contributed by atoms with Crippen molar-refractivity contribution in [2.45, 2.75) is 6.92 Å². The number of hydrogen-bond donors (Lipinski definition) is 2. The number of amides is 1. The number of anilines is 2. The Labute approximate surface area is 127 Å². The van der Waals surface area contributed by atoms with Gasteiger partial charge in [0.25, 0.3) is 5.91 Å². The van der Waals surface area contributed by atoms with E-state index in [4.69, 9.17) is 0 Å². The highest BCUT2D eigenvalue weighted by Gasteiger charge is 2.13. The molecule has 0 unspecified atom stereocenters. The Morgan fingerprint density at radius 1 is 1.23 bits per heavy atom. The number of hydrogen-bond acceptors (Lipinski definition) is 4. The van der Waals surface area contributed by atoms with E-state index in [1.165, 1.54) is 6.07 Å². The lowest BCUT2D eigenvalue weighted by Gasteiger charge is -2.09. The van der Waals surface area contributed by atoms with Crippen LogP contribution in [0, 0.1) is 12.7 Å². The summed E-state index contributed by atoms with van der Waals surface area (Å²) < 4.78 is 37.9. The topological polar surface area (TPSA) is 88.2 Å². The number of halogens is 1. The van der Waals surface area contributed by atoms with Gasteiger partial charge < -0.3 is 5.32 Å². The molecule has 116 valence electrons. The number of carbonyl (C=O) groups is 1. The molecule has 0 spiro atoms. The van der Waals surface area contributed by atoms with Crippen LogP contribution in [0.1, 0.15) is 16.1 Å². The number of carbonyl (C=O) groups excluding carboxylic acids is 1. The summed E-state index contributed by atoms with van der Waals surface area (Å²) in [5, 5.41) is 2.56. The molecule has 0 aliphatic heterocycles. The molecule has 22 heavy (non-hydrogen) atoms. The fraction of sp³-hybridized carbons (Fsp3) is 0.143. The van der Waals surface area contributed by atoms with Gasteiger partial charge in [-0.25, -0.2) is 17.8 Å². The molecular weight excluding hydrogens is 309 g/mol. The minimum Gasteiger partial charge on any atom is -0.307 e.